The van der Waals surface area contributed by atoms with Crippen LogP contribution < -0.4 is 15.9 Å². The standard InChI is InChI=1S/C15H21N7O12P2S/c1-20-7-22(12-9(20)13(24)19-15(16)18-12)14-10(23)11(33-37(2,29)30)8(32-14)5-31-36(27,28)34-35(25,26)21-4-3-17-6-21/h3-4,6-8,10-11,14,23H,5H2,1-2H3,(H4-,16,18,19,24,25,26,27,28)/p+1/t8-,10-,11-,14-/m1/s1. The summed E-state index contributed by atoms with van der Waals surface area (Å²) in [5.41, 5.74) is 5.01. The van der Waals surface area contributed by atoms with Gasteiger partial charge in [-0.1, -0.05) is 4.98 Å². The van der Waals surface area contributed by atoms with E-state index in [1.807, 2.05) is 0 Å². The smallest absolute Gasteiger partial charge is 0.384 e. The Hall–Kier alpha value is -2.51. The van der Waals surface area contributed by atoms with Crippen molar-refractivity contribution in [1.29, 1.82) is 0 Å². The van der Waals surface area contributed by atoms with E-state index in [9.17, 15) is 37.2 Å². The zero-order valence-corrected chi connectivity index (χ0v) is 21.6. The van der Waals surface area contributed by atoms with Crippen molar-refractivity contribution in [3.05, 3.63) is 35.4 Å². The van der Waals surface area contributed by atoms with Gasteiger partial charge in [0.1, 0.15) is 24.6 Å². The maximum absolute atomic E-state index is 12.4. The Kier molecular flexibility index (Phi) is 7.19. The minimum absolute atomic E-state index is 0.0369. The summed E-state index contributed by atoms with van der Waals surface area (Å²) in [4.78, 5) is 42.0. The molecule has 0 saturated carbocycles. The summed E-state index contributed by atoms with van der Waals surface area (Å²) >= 11 is 0. The topological polar surface area (TPSA) is 264 Å². The number of hydrogen-bond acceptors (Lipinski definition) is 13. The fraction of sp³-hybridized carbons (Fsp3) is 0.467. The summed E-state index contributed by atoms with van der Waals surface area (Å²) in [7, 11) is -12.9. The monoisotopic (exact) mass is 586 g/mol. The highest BCUT2D eigenvalue weighted by atomic mass is 32.2. The Balaban J connectivity index is 1.61. The Bertz CT molecular complexity index is 1570. The number of aliphatic hydroxyl groups is 1. The summed E-state index contributed by atoms with van der Waals surface area (Å²) in [5, 5.41) is 10.9. The fourth-order valence-electron chi connectivity index (χ4n) is 3.63. The number of rotatable bonds is 9. The Morgan fingerprint density at radius 2 is 2.05 bits per heavy atom. The molecule has 0 aromatic carbocycles. The fourth-order valence-corrected chi connectivity index (χ4v) is 6.62. The van der Waals surface area contributed by atoms with Gasteiger partial charge in [0.2, 0.25) is 11.7 Å². The molecule has 6 atom stereocenters. The summed E-state index contributed by atoms with van der Waals surface area (Å²) in [6.07, 6.45) is -1.39. The van der Waals surface area contributed by atoms with Gasteiger partial charge in [-0.2, -0.15) is 12.7 Å². The van der Waals surface area contributed by atoms with Crippen molar-refractivity contribution in [1.82, 2.24) is 23.9 Å². The zero-order chi connectivity index (χ0) is 27.3. The highest BCUT2D eigenvalue weighted by Gasteiger charge is 2.51. The highest BCUT2D eigenvalue weighted by Crippen LogP contribution is 2.60. The SMILES string of the molecule is Cn1c[n+]([C@@H]2O[C@H](COP(=O)(O)OP(=O)(O)n3ccnc3)[C@@H](OS(C)(=O)=O)[C@H]2O)c2nc(N)[nH]c(=O)c21. The lowest BCUT2D eigenvalue weighted by Gasteiger charge is -2.21. The van der Waals surface area contributed by atoms with Gasteiger partial charge < -0.3 is 25.4 Å². The van der Waals surface area contributed by atoms with Crippen LogP contribution in [0, 0.1) is 0 Å². The van der Waals surface area contributed by atoms with E-state index in [0.717, 1.165) is 18.7 Å². The number of nitrogens with two attached hydrogens (primary N) is 1. The van der Waals surface area contributed by atoms with E-state index in [1.54, 1.807) is 0 Å². The molecule has 19 nitrogen and oxygen atoms in total. The molecule has 3 aromatic heterocycles. The van der Waals surface area contributed by atoms with Crippen molar-refractivity contribution in [2.45, 2.75) is 24.5 Å². The quantitative estimate of drug-likeness (QED) is 0.100. The summed E-state index contributed by atoms with van der Waals surface area (Å²) in [5.74, 6) is -0.251. The first-order chi connectivity index (χ1) is 17.1. The number of nitrogens with one attached hydrogen (secondary N) is 1. The average molecular weight is 586 g/mol. The second-order valence-corrected chi connectivity index (χ2v) is 12.7. The van der Waals surface area contributed by atoms with Gasteiger partial charge in [-0.25, -0.2) is 23.0 Å². The van der Waals surface area contributed by atoms with Crippen molar-refractivity contribution in [2.24, 2.45) is 7.05 Å². The molecule has 204 valence electrons. The molecule has 2 unspecified atom stereocenters. The lowest BCUT2D eigenvalue weighted by molar-refractivity contribution is -0.745. The Morgan fingerprint density at radius 1 is 1.35 bits per heavy atom. The van der Waals surface area contributed by atoms with E-state index in [0.29, 0.717) is 10.6 Å². The normalized spacial score (nSPS) is 25.8. The van der Waals surface area contributed by atoms with Crippen molar-refractivity contribution >= 4 is 42.8 Å². The number of imidazole rings is 2. The number of phosphoric acid groups is 1. The molecule has 1 aliphatic heterocycles. The van der Waals surface area contributed by atoms with E-state index in [4.69, 9.17) is 19.2 Å². The number of aliphatic hydroxyl groups excluding tert-OH is 1. The van der Waals surface area contributed by atoms with Crippen LogP contribution in [0.3, 0.4) is 0 Å². The maximum atomic E-state index is 12.4. The Morgan fingerprint density at radius 3 is 2.68 bits per heavy atom. The van der Waals surface area contributed by atoms with Gasteiger partial charge in [-0.3, -0.25) is 23.1 Å². The predicted octanol–water partition coefficient (Wildman–Crippen LogP) is -2.29. The molecule has 0 radical (unpaired) electrons. The van der Waals surface area contributed by atoms with Gasteiger partial charge in [-0.15, -0.1) is 0 Å². The molecule has 0 spiro atoms. The zero-order valence-electron chi connectivity index (χ0n) is 19.0. The van der Waals surface area contributed by atoms with E-state index < -0.39 is 62.4 Å². The van der Waals surface area contributed by atoms with Crippen LogP contribution in [0.15, 0.2) is 29.8 Å². The van der Waals surface area contributed by atoms with Crippen molar-refractivity contribution in [3.63, 3.8) is 0 Å². The predicted molar refractivity (Wildman–Crippen MR) is 120 cm³/mol. The number of hydrogen-bond donors (Lipinski definition) is 5. The first-order valence-electron chi connectivity index (χ1n) is 10.1. The number of aryl methyl sites for hydroxylation is 1. The number of H-pyrrole nitrogens is 1. The molecule has 3 aromatic rings. The molecule has 0 aliphatic carbocycles. The van der Waals surface area contributed by atoms with Crippen molar-refractivity contribution in [2.75, 3.05) is 18.6 Å². The second kappa shape index (κ2) is 9.66. The van der Waals surface area contributed by atoms with E-state index in [1.165, 1.54) is 22.5 Å². The van der Waals surface area contributed by atoms with Crippen LogP contribution in [0.1, 0.15) is 6.23 Å². The maximum Gasteiger partial charge on any atom is 0.480 e. The molecule has 1 fully saturated rings. The van der Waals surface area contributed by atoms with E-state index in [-0.39, 0.29) is 17.1 Å². The number of nitrogens with zero attached hydrogens (tertiary/aromatic N) is 5. The molecule has 4 rings (SSSR count). The number of aromatic nitrogens is 6. The van der Waals surface area contributed by atoms with Crippen LogP contribution in [0.5, 0.6) is 0 Å². The summed E-state index contributed by atoms with van der Waals surface area (Å²) < 4.78 is 71.0. The van der Waals surface area contributed by atoms with E-state index >= 15 is 0 Å². The molecule has 1 saturated heterocycles. The number of phosphoric ester groups is 1. The van der Waals surface area contributed by atoms with Gasteiger partial charge in [0.15, 0.2) is 6.33 Å². The molecule has 6 N–H and O–H groups in total. The van der Waals surface area contributed by atoms with Gasteiger partial charge >= 0.3 is 21.2 Å². The third-order valence-corrected chi connectivity index (χ3v) is 8.60. The van der Waals surface area contributed by atoms with Gasteiger partial charge in [0.05, 0.1) is 19.9 Å². The first kappa shape index (κ1) is 27.5. The summed E-state index contributed by atoms with van der Waals surface area (Å²) in [6, 6.07) is 0. The third kappa shape index (κ3) is 5.83. The Labute approximate surface area is 207 Å². The van der Waals surface area contributed by atoms with Crippen LogP contribution in [0.2, 0.25) is 0 Å². The lowest BCUT2D eigenvalue weighted by Crippen LogP contribution is -2.46. The number of anilines is 1. The number of aromatic amines is 1. The second-order valence-electron chi connectivity index (χ2n) is 7.86. The van der Waals surface area contributed by atoms with Gasteiger partial charge in [0.25, 0.3) is 21.6 Å². The van der Waals surface area contributed by atoms with Crippen molar-refractivity contribution < 1.29 is 54.8 Å². The molecule has 22 heteroatoms. The van der Waals surface area contributed by atoms with Crippen molar-refractivity contribution in [3.8, 4) is 0 Å². The first-order valence-corrected chi connectivity index (χ1v) is 14.9. The summed E-state index contributed by atoms with van der Waals surface area (Å²) in [6.45, 7) is -0.938. The molecule has 4 heterocycles. The van der Waals surface area contributed by atoms with Crippen LogP contribution in [-0.2, 0) is 44.1 Å². The molecule has 1 aliphatic rings. The third-order valence-electron chi connectivity index (χ3n) is 5.05. The molecule has 0 amide bonds. The molecule has 0 bridgehead atoms. The molecular formula is C15H22N7O12P2S+. The van der Waals surface area contributed by atoms with E-state index in [2.05, 4.69) is 19.3 Å². The molecular weight excluding hydrogens is 564 g/mol. The van der Waals surface area contributed by atoms with Crippen LogP contribution in [0.4, 0.5) is 5.95 Å². The lowest BCUT2D eigenvalue weighted by atomic mass is 10.1. The number of fused-ring (bicyclic) bond motifs is 1. The van der Waals surface area contributed by atoms with Gasteiger partial charge in [-0.05, 0) is 0 Å². The number of nitrogen functional groups attached to an aromatic ring is 1. The van der Waals surface area contributed by atoms with Crippen LogP contribution >= 0.6 is 15.6 Å². The van der Waals surface area contributed by atoms with Gasteiger partial charge in [0, 0.05) is 12.4 Å². The van der Waals surface area contributed by atoms with Crippen LogP contribution in [0.25, 0.3) is 11.2 Å². The molecule has 37 heavy (non-hydrogen) atoms. The van der Waals surface area contributed by atoms with Crippen LogP contribution in [-0.4, -0.2) is 78.3 Å². The largest absolute Gasteiger partial charge is 0.480 e. The average Bonchev–Trinajstić information content (AvgIpc) is 3.45. The minimum atomic E-state index is -5.26. The number of ether oxygens (including phenoxy) is 1. The highest BCUT2D eigenvalue weighted by molar-refractivity contribution is 7.86. The minimum Gasteiger partial charge on any atom is -0.384 e.